The van der Waals surface area contributed by atoms with Crippen molar-refractivity contribution in [2.24, 2.45) is 0 Å². The second-order valence-electron chi connectivity index (χ2n) is 7.10. The zero-order chi connectivity index (χ0) is 21.6. The zero-order valence-corrected chi connectivity index (χ0v) is 16.8. The summed E-state index contributed by atoms with van der Waals surface area (Å²) in [7, 11) is 0. The van der Waals surface area contributed by atoms with Gasteiger partial charge in [-0.3, -0.25) is 14.5 Å². The van der Waals surface area contributed by atoms with Gasteiger partial charge in [0.25, 0.3) is 0 Å². The number of morpholine rings is 1. The molecular weight excluding hydrogens is 400 g/mol. The number of hydrogen-bond donors (Lipinski definition) is 2. The van der Waals surface area contributed by atoms with E-state index in [1.807, 2.05) is 24.3 Å². The van der Waals surface area contributed by atoms with E-state index in [2.05, 4.69) is 15.5 Å². The van der Waals surface area contributed by atoms with E-state index in [-0.39, 0.29) is 24.9 Å². The van der Waals surface area contributed by atoms with Gasteiger partial charge in [0.2, 0.25) is 6.79 Å². The molecule has 0 aliphatic carbocycles. The predicted molar refractivity (Wildman–Crippen MR) is 110 cm³/mol. The Morgan fingerprint density at radius 3 is 2.65 bits per heavy atom. The van der Waals surface area contributed by atoms with Gasteiger partial charge in [-0.05, 0) is 29.8 Å². The molecule has 1 atom stereocenters. The lowest BCUT2D eigenvalue weighted by molar-refractivity contribution is -0.136. The molecule has 160 valence electrons. The van der Waals surface area contributed by atoms with Crippen LogP contribution in [0, 0.1) is 11.3 Å². The first-order valence-corrected chi connectivity index (χ1v) is 9.95. The third-order valence-electron chi connectivity index (χ3n) is 5.23. The van der Waals surface area contributed by atoms with Crippen LogP contribution in [0.2, 0.25) is 0 Å². The van der Waals surface area contributed by atoms with Crippen LogP contribution in [-0.2, 0) is 14.3 Å². The lowest BCUT2D eigenvalue weighted by Crippen LogP contribution is -2.45. The summed E-state index contributed by atoms with van der Waals surface area (Å²) in [5, 5.41) is 14.4. The molecule has 9 heteroatoms. The summed E-state index contributed by atoms with van der Waals surface area (Å²) in [4.78, 5) is 27.0. The van der Waals surface area contributed by atoms with Gasteiger partial charge < -0.3 is 24.8 Å². The smallest absolute Gasteiger partial charge is 0.313 e. The van der Waals surface area contributed by atoms with Crippen LogP contribution >= 0.6 is 0 Å². The zero-order valence-electron chi connectivity index (χ0n) is 16.8. The van der Waals surface area contributed by atoms with Crippen LogP contribution in [0.25, 0.3) is 0 Å². The molecule has 2 aliphatic rings. The average molecular weight is 422 g/mol. The fourth-order valence-electron chi connectivity index (χ4n) is 3.61. The number of para-hydroxylation sites is 1. The second kappa shape index (κ2) is 9.47. The predicted octanol–water partition coefficient (Wildman–Crippen LogP) is 1.42. The molecule has 0 aromatic heterocycles. The van der Waals surface area contributed by atoms with Crippen LogP contribution in [0.4, 0.5) is 5.69 Å². The van der Waals surface area contributed by atoms with Crippen molar-refractivity contribution in [3.05, 3.63) is 53.6 Å². The molecule has 0 bridgehead atoms. The quantitative estimate of drug-likeness (QED) is 0.701. The number of nitrogens with one attached hydrogen (secondary N) is 2. The normalized spacial score (nSPS) is 16.2. The Kier molecular flexibility index (Phi) is 6.31. The van der Waals surface area contributed by atoms with E-state index in [0.717, 1.165) is 5.56 Å². The summed E-state index contributed by atoms with van der Waals surface area (Å²) in [6.45, 7) is 3.02. The molecule has 9 nitrogen and oxygen atoms in total. The minimum absolute atomic E-state index is 0.165. The van der Waals surface area contributed by atoms with Crippen LogP contribution in [0.1, 0.15) is 17.2 Å². The van der Waals surface area contributed by atoms with E-state index in [0.29, 0.717) is 43.5 Å². The molecule has 0 saturated carbocycles. The molecular formula is C22H22N4O5. The maximum atomic E-state index is 12.5. The Bertz CT molecular complexity index is 1010. The third-order valence-corrected chi connectivity index (χ3v) is 5.23. The molecule has 0 unspecified atom stereocenters. The molecule has 2 amide bonds. The summed E-state index contributed by atoms with van der Waals surface area (Å²) in [5.41, 5.74) is 1.53. The van der Waals surface area contributed by atoms with Gasteiger partial charge in [0.1, 0.15) is 6.07 Å². The highest BCUT2D eigenvalue weighted by atomic mass is 16.7. The lowest BCUT2D eigenvalue weighted by Gasteiger charge is -2.34. The number of ether oxygens (including phenoxy) is 3. The molecule has 0 radical (unpaired) electrons. The van der Waals surface area contributed by atoms with Crippen molar-refractivity contribution in [1.29, 1.82) is 5.26 Å². The minimum Gasteiger partial charge on any atom is -0.454 e. The van der Waals surface area contributed by atoms with Crippen molar-refractivity contribution in [3.63, 3.8) is 0 Å². The minimum atomic E-state index is -0.825. The highest BCUT2D eigenvalue weighted by molar-refractivity contribution is 6.39. The molecule has 31 heavy (non-hydrogen) atoms. The highest BCUT2D eigenvalue weighted by Gasteiger charge is 2.26. The van der Waals surface area contributed by atoms with Gasteiger partial charge in [0.05, 0.1) is 30.5 Å². The van der Waals surface area contributed by atoms with Crippen molar-refractivity contribution >= 4 is 17.5 Å². The van der Waals surface area contributed by atoms with Crippen LogP contribution in [0.5, 0.6) is 11.5 Å². The van der Waals surface area contributed by atoms with E-state index >= 15 is 0 Å². The average Bonchev–Trinajstić information content (AvgIpc) is 3.28. The SMILES string of the molecule is N#Cc1ccccc1NC(=O)C(=O)NC[C@H](c1ccc2c(c1)OCO2)N1CCOCC1. The molecule has 0 spiro atoms. The Morgan fingerprint density at radius 2 is 1.84 bits per heavy atom. The van der Waals surface area contributed by atoms with Gasteiger partial charge >= 0.3 is 11.8 Å². The summed E-state index contributed by atoms with van der Waals surface area (Å²) < 4.78 is 16.3. The topological polar surface area (TPSA) is 113 Å². The number of hydrogen-bond acceptors (Lipinski definition) is 7. The Balaban J connectivity index is 1.45. The fraction of sp³-hybridized carbons (Fsp3) is 0.318. The van der Waals surface area contributed by atoms with E-state index in [9.17, 15) is 9.59 Å². The van der Waals surface area contributed by atoms with Crippen LogP contribution in [0.3, 0.4) is 0 Å². The lowest BCUT2D eigenvalue weighted by atomic mass is 10.0. The third kappa shape index (κ3) is 4.77. The molecule has 1 saturated heterocycles. The molecule has 2 aromatic rings. The maximum Gasteiger partial charge on any atom is 0.313 e. The van der Waals surface area contributed by atoms with Gasteiger partial charge in [0.15, 0.2) is 11.5 Å². The van der Waals surface area contributed by atoms with E-state index in [4.69, 9.17) is 19.5 Å². The second-order valence-corrected chi connectivity index (χ2v) is 7.10. The number of nitrogens with zero attached hydrogens (tertiary/aromatic N) is 2. The Labute approximate surface area is 179 Å². The number of amides is 2. The standard InChI is InChI=1S/C22H22N4O5/c23-12-16-3-1-2-4-17(16)25-22(28)21(27)24-13-18(26-7-9-29-10-8-26)15-5-6-19-20(11-15)31-14-30-19/h1-6,11,18H,7-10,13-14H2,(H,24,27)(H,25,28)/t18-/m1/s1. The number of benzene rings is 2. The Hall–Kier alpha value is -3.61. The van der Waals surface area contributed by atoms with Gasteiger partial charge in [-0.15, -0.1) is 0 Å². The highest BCUT2D eigenvalue weighted by Crippen LogP contribution is 2.35. The first-order valence-electron chi connectivity index (χ1n) is 9.95. The fourth-order valence-corrected chi connectivity index (χ4v) is 3.61. The molecule has 1 fully saturated rings. The van der Waals surface area contributed by atoms with Gasteiger partial charge in [-0.1, -0.05) is 18.2 Å². The largest absolute Gasteiger partial charge is 0.454 e. The van der Waals surface area contributed by atoms with E-state index in [1.54, 1.807) is 24.3 Å². The number of fused-ring (bicyclic) bond motifs is 1. The van der Waals surface area contributed by atoms with Crippen molar-refractivity contribution in [3.8, 4) is 17.6 Å². The Morgan fingerprint density at radius 1 is 1.06 bits per heavy atom. The van der Waals surface area contributed by atoms with Gasteiger partial charge in [-0.25, -0.2) is 0 Å². The number of carbonyl (C=O) groups is 2. The number of carbonyl (C=O) groups excluding carboxylic acids is 2. The number of nitriles is 1. The van der Waals surface area contributed by atoms with Crippen molar-refractivity contribution < 1.29 is 23.8 Å². The molecule has 2 heterocycles. The summed E-state index contributed by atoms with van der Waals surface area (Å²) in [5.74, 6) is -0.252. The maximum absolute atomic E-state index is 12.5. The first kappa shape index (κ1) is 20.7. The number of anilines is 1. The van der Waals surface area contributed by atoms with Crippen molar-refractivity contribution in [1.82, 2.24) is 10.2 Å². The molecule has 4 rings (SSSR count). The monoisotopic (exact) mass is 422 g/mol. The first-order chi connectivity index (χ1) is 15.2. The molecule has 2 aromatic carbocycles. The summed E-state index contributed by atoms with van der Waals surface area (Å²) in [6, 6.07) is 14.0. The van der Waals surface area contributed by atoms with Crippen LogP contribution in [0.15, 0.2) is 42.5 Å². The van der Waals surface area contributed by atoms with E-state index in [1.165, 1.54) is 0 Å². The van der Waals surface area contributed by atoms with Gasteiger partial charge in [-0.2, -0.15) is 5.26 Å². The van der Waals surface area contributed by atoms with Crippen molar-refractivity contribution in [2.45, 2.75) is 6.04 Å². The van der Waals surface area contributed by atoms with Crippen LogP contribution in [-0.4, -0.2) is 56.4 Å². The summed E-state index contributed by atoms with van der Waals surface area (Å²) in [6.07, 6.45) is 0. The van der Waals surface area contributed by atoms with Crippen LogP contribution < -0.4 is 20.1 Å². The molecule has 2 N–H and O–H groups in total. The van der Waals surface area contributed by atoms with Crippen molar-refractivity contribution in [2.75, 3.05) is 45.0 Å². The molecule has 2 aliphatic heterocycles. The van der Waals surface area contributed by atoms with Gasteiger partial charge in [0, 0.05) is 19.6 Å². The van der Waals surface area contributed by atoms with E-state index < -0.39 is 11.8 Å². The summed E-state index contributed by atoms with van der Waals surface area (Å²) >= 11 is 0. The number of rotatable bonds is 5.